The van der Waals surface area contributed by atoms with Gasteiger partial charge in [0.25, 0.3) is 0 Å². The summed E-state index contributed by atoms with van der Waals surface area (Å²) in [7, 11) is 0. The van der Waals surface area contributed by atoms with Gasteiger partial charge >= 0.3 is 115 Å². The van der Waals surface area contributed by atoms with Gasteiger partial charge in [0, 0.05) is 0 Å². The van der Waals surface area contributed by atoms with Gasteiger partial charge in [-0.15, -0.1) is 0 Å². The normalized spacial score (nSPS) is 23.4. The van der Waals surface area contributed by atoms with Gasteiger partial charge in [0.2, 0.25) is 0 Å². The van der Waals surface area contributed by atoms with E-state index < -0.39 is 0 Å². The molecule has 17 heavy (non-hydrogen) atoms. The van der Waals surface area contributed by atoms with Gasteiger partial charge in [-0.1, -0.05) is 0 Å². The molecule has 1 unspecified atom stereocenters. The van der Waals surface area contributed by atoms with Crippen molar-refractivity contribution in [1.29, 1.82) is 0 Å². The van der Waals surface area contributed by atoms with Crippen molar-refractivity contribution in [3.63, 3.8) is 0 Å². The van der Waals surface area contributed by atoms with Gasteiger partial charge < -0.3 is 0 Å². The molecule has 0 aromatic heterocycles. The molecule has 1 aliphatic carbocycles. The van der Waals surface area contributed by atoms with Crippen molar-refractivity contribution < 1.29 is 0 Å². The Kier molecular flexibility index (Phi) is 2.89. The average molecular weight is 220 g/mol. The van der Waals surface area contributed by atoms with Crippen LogP contribution in [0.25, 0.3) is 5.57 Å². The number of allylic oxidation sites excluding steroid dienone is 2. The first-order chi connectivity index (χ1) is 7.71. The van der Waals surface area contributed by atoms with E-state index in [-0.39, 0.29) is 4.09 Å². The van der Waals surface area contributed by atoms with E-state index in [1.807, 2.05) is 0 Å². The second-order valence-electron chi connectivity index (χ2n) is 6.12. The Morgan fingerprint density at radius 2 is 1.24 bits per heavy atom. The zero-order chi connectivity index (χ0) is 13.1. The first-order valence-corrected chi connectivity index (χ1v) is 6.50. The van der Waals surface area contributed by atoms with E-state index in [9.17, 15) is 0 Å². The average Bonchev–Trinajstić information content (AvgIpc) is 2.44. The number of hydrogen-bond donors (Lipinski definition) is 0. The maximum absolute atomic E-state index is 2.36. The molecule has 0 bridgehead atoms. The molecule has 0 fully saturated rings. The number of hydrogen-bond acceptors (Lipinski definition) is 0. The molecule has 0 radical (unpaired) electrons. The summed E-state index contributed by atoms with van der Waals surface area (Å²) in [4.78, 5) is 0. The van der Waals surface area contributed by atoms with Crippen LogP contribution in [-0.2, 0) is 4.09 Å². The van der Waals surface area contributed by atoms with Crippen LogP contribution in [0.4, 0.5) is 0 Å². The van der Waals surface area contributed by atoms with Crippen molar-refractivity contribution in [3.05, 3.63) is 39.0 Å². The van der Waals surface area contributed by atoms with Gasteiger partial charge in [0.05, 0.1) is 0 Å². The summed E-state index contributed by atoms with van der Waals surface area (Å²) in [5, 5.41) is 0. The molecule has 1 aromatic rings. The van der Waals surface area contributed by atoms with E-state index in [0.29, 0.717) is 0 Å². The Bertz CT molecular complexity index is 545. The SMILES string of the molecule is [Li][C]1(C)C(C)=C(C)c2c(C)c(C)c(C)c(C)c21. The zero-order valence-electron chi connectivity index (χ0n) is 12.5. The molecule has 0 aliphatic heterocycles. The third-order valence-corrected chi connectivity index (χ3v) is 5.19. The third-order valence-electron chi connectivity index (χ3n) is 5.19. The summed E-state index contributed by atoms with van der Waals surface area (Å²) >= 11 is 2.36. The maximum atomic E-state index is 2.36. The Morgan fingerprint density at radius 3 is 1.76 bits per heavy atom. The van der Waals surface area contributed by atoms with Gasteiger partial charge in [-0.2, -0.15) is 0 Å². The Hall–Kier alpha value is -0.443. The fourth-order valence-electron chi connectivity index (χ4n) is 3.41. The summed E-state index contributed by atoms with van der Waals surface area (Å²) in [6.45, 7) is 16.0. The number of rotatable bonds is 0. The summed E-state index contributed by atoms with van der Waals surface area (Å²) in [6, 6.07) is 0. The molecule has 2 rings (SSSR count). The predicted molar refractivity (Wildman–Crippen MR) is 76.8 cm³/mol. The molecule has 0 nitrogen and oxygen atoms in total. The number of fused-ring (bicyclic) bond motifs is 1. The van der Waals surface area contributed by atoms with Gasteiger partial charge in [0.15, 0.2) is 0 Å². The minimum atomic E-state index is 0.201. The van der Waals surface area contributed by atoms with Crippen LogP contribution in [0.15, 0.2) is 5.57 Å². The summed E-state index contributed by atoms with van der Waals surface area (Å²) in [6.07, 6.45) is 0. The van der Waals surface area contributed by atoms with Crippen molar-refractivity contribution in [2.45, 2.75) is 52.6 Å². The Labute approximate surface area is 115 Å². The third kappa shape index (κ3) is 1.51. The summed E-state index contributed by atoms with van der Waals surface area (Å²) in [5.41, 5.74) is 12.0. The Morgan fingerprint density at radius 1 is 0.765 bits per heavy atom. The van der Waals surface area contributed by atoms with Gasteiger partial charge in [-0.25, -0.2) is 0 Å². The van der Waals surface area contributed by atoms with Gasteiger partial charge in [0.1, 0.15) is 0 Å². The molecular formula is C16H21Li. The van der Waals surface area contributed by atoms with Crippen molar-refractivity contribution in [1.82, 2.24) is 0 Å². The fourth-order valence-corrected chi connectivity index (χ4v) is 3.41. The summed E-state index contributed by atoms with van der Waals surface area (Å²) < 4.78 is 0.201. The topological polar surface area (TPSA) is 0 Å². The van der Waals surface area contributed by atoms with Crippen molar-refractivity contribution in [3.8, 4) is 0 Å². The predicted octanol–water partition coefficient (Wildman–Crippen LogP) is 4.11. The first-order valence-electron chi connectivity index (χ1n) is 6.50. The van der Waals surface area contributed by atoms with E-state index in [1.54, 1.807) is 5.56 Å². The molecular weight excluding hydrogens is 199 g/mol. The molecule has 86 valence electrons. The van der Waals surface area contributed by atoms with E-state index in [2.05, 4.69) is 66.2 Å². The fraction of sp³-hybridized carbons (Fsp3) is 0.500. The van der Waals surface area contributed by atoms with Gasteiger partial charge in [-0.05, 0) is 0 Å². The molecule has 0 spiro atoms. The van der Waals surface area contributed by atoms with Crippen molar-refractivity contribution >= 4 is 23.3 Å². The second kappa shape index (κ2) is 3.77. The standard InChI is InChI=1S/C16H21.Li/c1-8-9(2)12(5)16-14(7)10(3)13(6)15(16)11(8)4;/h1-7H3;. The molecule has 0 amide bonds. The van der Waals surface area contributed by atoms with Crippen LogP contribution in [0.2, 0.25) is 0 Å². The second-order valence-corrected chi connectivity index (χ2v) is 6.12. The van der Waals surface area contributed by atoms with E-state index in [0.717, 1.165) is 0 Å². The van der Waals surface area contributed by atoms with Crippen LogP contribution in [0.5, 0.6) is 0 Å². The zero-order valence-corrected chi connectivity index (χ0v) is 12.5. The van der Waals surface area contributed by atoms with Crippen LogP contribution in [0, 0.1) is 27.7 Å². The van der Waals surface area contributed by atoms with Crippen LogP contribution < -0.4 is 0 Å². The monoisotopic (exact) mass is 220 g/mol. The molecule has 1 aliphatic rings. The summed E-state index contributed by atoms with van der Waals surface area (Å²) in [5.74, 6) is 0. The van der Waals surface area contributed by atoms with Crippen LogP contribution in [0.3, 0.4) is 0 Å². The van der Waals surface area contributed by atoms with Crippen LogP contribution in [-0.4, -0.2) is 17.7 Å². The van der Waals surface area contributed by atoms with E-state index in [1.165, 1.54) is 39.0 Å². The first kappa shape index (κ1) is 13.0. The van der Waals surface area contributed by atoms with Gasteiger partial charge in [-0.3, -0.25) is 0 Å². The van der Waals surface area contributed by atoms with Crippen molar-refractivity contribution in [2.75, 3.05) is 0 Å². The Balaban J connectivity index is 2.96. The molecule has 1 aromatic carbocycles. The molecule has 0 saturated heterocycles. The molecule has 0 heterocycles. The molecule has 1 heteroatoms. The number of benzene rings is 1. The molecule has 1 atom stereocenters. The van der Waals surface area contributed by atoms with E-state index in [4.69, 9.17) is 0 Å². The quantitative estimate of drug-likeness (QED) is 0.577. The van der Waals surface area contributed by atoms with Crippen LogP contribution in [0.1, 0.15) is 54.2 Å². The molecule has 0 saturated carbocycles. The van der Waals surface area contributed by atoms with E-state index >= 15 is 0 Å². The minimum absolute atomic E-state index is 0.201. The van der Waals surface area contributed by atoms with Crippen molar-refractivity contribution in [2.24, 2.45) is 0 Å². The van der Waals surface area contributed by atoms with Crippen LogP contribution >= 0.6 is 0 Å². The molecule has 0 N–H and O–H groups in total.